The first kappa shape index (κ1) is 11.2. The van der Waals surface area contributed by atoms with Crippen molar-refractivity contribution in [3.8, 4) is 0 Å². The second-order valence-corrected chi connectivity index (χ2v) is 5.11. The van der Waals surface area contributed by atoms with Crippen molar-refractivity contribution in [3.05, 3.63) is 11.5 Å². The fraction of sp³-hybridized carbons (Fsp3) is 0.636. The van der Waals surface area contributed by atoms with E-state index in [1.54, 1.807) is 0 Å². The van der Waals surface area contributed by atoms with Gasteiger partial charge in [0.25, 0.3) is 5.91 Å². The molecule has 102 valence electrons. The molecule has 4 rings (SSSR count). The minimum atomic E-state index is -0.480. The quantitative estimate of drug-likeness (QED) is 0.624. The standard InChI is InChI=1S/C11H15N5O3/c12-11-14-9(18)7-10-15(4-16(10)11)8(13-7)6-2-1-5(3-17)19-6/h5-6,11,17H,1-4,12H2,(H,14,18). The Morgan fingerprint density at radius 3 is 3.11 bits per heavy atom. The molecule has 0 aliphatic carbocycles. The number of nitrogens with zero attached hydrogens (tertiary/aromatic N) is 3. The lowest BCUT2D eigenvalue weighted by Gasteiger charge is -2.43. The fourth-order valence-electron chi connectivity index (χ4n) is 2.96. The summed E-state index contributed by atoms with van der Waals surface area (Å²) in [5.41, 5.74) is 6.24. The van der Waals surface area contributed by atoms with Crippen molar-refractivity contribution in [1.29, 1.82) is 0 Å². The Hall–Kier alpha value is -1.64. The van der Waals surface area contributed by atoms with Crippen LogP contribution >= 0.6 is 0 Å². The molecule has 1 aromatic rings. The molecule has 3 aliphatic heterocycles. The molecule has 0 radical (unpaired) electrons. The predicted molar refractivity (Wildman–Crippen MR) is 64.1 cm³/mol. The van der Waals surface area contributed by atoms with E-state index in [9.17, 15) is 4.79 Å². The Morgan fingerprint density at radius 1 is 1.53 bits per heavy atom. The Kier molecular flexibility index (Phi) is 2.17. The second-order valence-electron chi connectivity index (χ2n) is 5.11. The number of hydrogen-bond acceptors (Lipinski definition) is 6. The van der Waals surface area contributed by atoms with Gasteiger partial charge in [0.15, 0.2) is 12.0 Å². The summed E-state index contributed by atoms with van der Waals surface area (Å²) >= 11 is 0. The van der Waals surface area contributed by atoms with Crippen molar-refractivity contribution in [2.45, 2.75) is 38.0 Å². The summed E-state index contributed by atoms with van der Waals surface area (Å²) < 4.78 is 7.70. The number of aliphatic hydroxyl groups excluding tert-OH is 1. The number of imidazole rings is 1. The van der Waals surface area contributed by atoms with Crippen LogP contribution < -0.4 is 16.0 Å². The SMILES string of the molecule is NC1NC(=O)c2nc(C3CCC(CO)O3)n3c2N1C3. The highest BCUT2D eigenvalue weighted by Crippen LogP contribution is 2.40. The van der Waals surface area contributed by atoms with E-state index in [1.807, 2.05) is 9.47 Å². The molecule has 3 atom stereocenters. The fourth-order valence-corrected chi connectivity index (χ4v) is 2.96. The van der Waals surface area contributed by atoms with E-state index in [4.69, 9.17) is 15.6 Å². The van der Waals surface area contributed by atoms with Gasteiger partial charge in [0.1, 0.15) is 24.4 Å². The Labute approximate surface area is 109 Å². The summed E-state index contributed by atoms with van der Waals surface area (Å²) in [4.78, 5) is 18.1. The third kappa shape index (κ3) is 1.38. The molecule has 1 fully saturated rings. The van der Waals surface area contributed by atoms with E-state index in [-0.39, 0.29) is 24.7 Å². The zero-order valence-corrected chi connectivity index (χ0v) is 10.2. The van der Waals surface area contributed by atoms with Crippen LogP contribution in [0.4, 0.5) is 5.82 Å². The Morgan fingerprint density at radius 2 is 2.37 bits per heavy atom. The zero-order valence-electron chi connectivity index (χ0n) is 10.2. The van der Waals surface area contributed by atoms with Gasteiger partial charge in [-0.1, -0.05) is 0 Å². The first-order valence-electron chi connectivity index (χ1n) is 6.39. The van der Waals surface area contributed by atoms with Crippen molar-refractivity contribution in [2.24, 2.45) is 5.73 Å². The summed E-state index contributed by atoms with van der Waals surface area (Å²) in [6.45, 7) is 0.636. The number of carbonyl (C=O) groups excluding carboxylic acids is 1. The van der Waals surface area contributed by atoms with E-state index < -0.39 is 6.29 Å². The van der Waals surface area contributed by atoms with E-state index in [0.717, 1.165) is 24.5 Å². The largest absolute Gasteiger partial charge is 0.394 e. The van der Waals surface area contributed by atoms with Crippen LogP contribution in [0.15, 0.2) is 0 Å². The van der Waals surface area contributed by atoms with E-state index in [2.05, 4.69) is 10.3 Å². The van der Waals surface area contributed by atoms with Gasteiger partial charge in [0.05, 0.1) is 12.7 Å². The van der Waals surface area contributed by atoms with Crippen LogP contribution in [0.1, 0.15) is 35.3 Å². The molecular formula is C11H15N5O3. The number of hydrogen-bond donors (Lipinski definition) is 3. The molecule has 0 spiro atoms. The van der Waals surface area contributed by atoms with Crippen molar-refractivity contribution < 1.29 is 14.6 Å². The molecule has 0 bridgehead atoms. The molecule has 3 aliphatic rings. The maximum atomic E-state index is 11.8. The van der Waals surface area contributed by atoms with Crippen molar-refractivity contribution in [2.75, 3.05) is 11.5 Å². The number of amides is 1. The highest BCUT2D eigenvalue weighted by molar-refractivity contribution is 6.00. The van der Waals surface area contributed by atoms with Crippen LogP contribution in [0.25, 0.3) is 0 Å². The van der Waals surface area contributed by atoms with Crippen molar-refractivity contribution >= 4 is 11.7 Å². The highest BCUT2D eigenvalue weighted by Gasteiger charge is 2.44. The van der Waals surface area contributed by atoms with Crippen LogP contribution in [0.3, 0.4) is 0 Å². The Balaban J connectivity index is 1.70. The molecule has 1 amide bonds. The monoisotopic (exact) mass is 265 g/mol. The normalized spacial score (nSPS) is 32.0. The van der Waals surface area contributed by atoms with Gasteiger partial charge in [-0.05, 0) is 12.8 Å². The van der Waals surface area contributed by atoms with E-state index in [1.165, 1.54) is 0 Å². The zero-order chi connectivity index (χ0) is 13.1. The molecule has 4 heterocycles. The summed E-state index contributed by atoms with van der Waals surface area (Å²) in [5.74, 6) is 1.30. The van der Waals surface area contributed by atoms with Gasteiger partial charge in [0, 0.05) is 0 Å². The van der Waals surface area contributed by atoms with Crippen LogP contribution in [0, 0.1) is 0 Å². The van der Waals surface area contributed by atoms with Gasteiger partial charge in [-0.2, -0.15) is 0 Å². The first-order chi connectivity index (χ1) is 9.19. The van der Waals surface area contributed by atoms with Gasteiger partial charge in [0.2, 0.25) is 0 Å². The smallest absolute Gasteiger partial charge is 0.276 e. The summed E-state index contributed by atoms with van der Waals surface area (Å²) in [6.07, 6.45) is 0.877. The van der Waals surface area contributed by atoms with E-state index in [0.29, 0.717) is 12.4 Å². The molecule has 1 aromatic heterocycles. The minimum Gasteiger partial charge on any atom is -0.394 e. The van der Waals surface area contributed by atoms with Crippen molar-refractivity contribution in [1.82, 2.24) is 14.9 Å². The highest BCUT2D eigenvalue weighted by atomic mass is 16.5. The number of anilines is 1. The number of aliphatic hydroxyl groups is 1. The van der Waals surface area contributed by atoms with Crippen LogP contribution in [-0.2, 0) is 11.4 Å². The van der Waals surface area contributed by atoms with Gasteiger partial charge >= 0.3 is 0 Å². The third-order valence-corrected chi connectivity index (χ3v) is 3.97. The first-order valence-corrected chi connectivity index (χ1v) is 6.39. The third-order valence-electron chi connectivity index (χ3n) is 3.97. The average Bonchev–Trinajstić information content (AvgIpc) is 2.91. The molecule has 8 heteroatoms. The summed E-state index contributed by atoms with van der Waals surface area (Å²) in [6, 6.07) is 0. The maximum Gasteiger partial charge on any atom is 0.276 e. The molecule has 3 unspecified atom stereocenters. The average molecular weight is 265 g/mol. The number of aromatic nitrogens is 2. The Bertz CT molecular complexity index is 557. The number of rotatable bonds is 2. The van der Waals surface area contributed by atoms with Crippen LogP contribution in [-0.4, -0.2) is 39.6 Å². The van der Waals surface area contributed by atoms with Crippen molar-refractivity contribution in [3.63, 3.8) is 0 Å². The maximum absolute atomic E-state index is 11.8. The van der Waals surface area contributed by atoms with Gasteiger partial charge in [-0.15, -0.1) is 0 Å². The van der Waals surface area contributed by atoms with Crippen LogP contribution in [0.2, 0.25) is 0 Å². The molecular weight excluding hydrogens is 250 g/mol. The molecule has 1 saturated heterocycles. The lowest BCUT2D eigenvalue weighted by Crippen LogP contribution is -2.62. The number of nitrogens with one attached hydrogen (secondary N) is 1. The molecule has 8 nitrogen and oxygen atoms in total. The van der Waals surface area contributed by atoms with Gasteiger partial charge in [-0.3, -0.25) is 15.1 Å². The van der Waals surface area contributed by atoms with Crippen LogP contribution in [0.5, 0.6) is 0 Å². The second kappa shape index (κ2) is 3.69. The number of ether oxygens (including phenoxy) is 1. The van der Waals surface area contributed by atoms with E-state index >= 15 is 0 Å². The summed E-state index contributed by atoms with van der Waals surface area (Å²) in [5, 5.41) is 11.8. The number of carbonyl (C=O) groups is 1. The molecule has 0 aromatic carbocycles. The predicted octanol–water partition coefficient (Wildman–Crippen LogP) is -1.14. The summed E-state index contributed by atoms with van der Waals surface area (Å²) in [7, 11) is 0. The lowest BCUT2D eigenvalue weighted by molar-refractivity contribution is 0.00545. The van der Waals surface area contributed by atoms with Gasteiger partial charge < -0.3 is 20.1 Å². The minimum absolute atomic E-state index is 0.0222. The molecule has 0 saturated carbocycles. The molecule has 4 N–H and O–H groups in total. The van der Waals surface area contributed by atoms with Gasteiger partial charge in [-0.25, -0.2) is 4.98 Å². The molecule has 19 heavy (non-hydrogen) atoms. The lowest BCUT2D eigenvalue weighted by atomic mass is 10.2. The topological polar surface area (TPSA) is 106 Å². The number of nitrogens with two attached hydrogens (primary N) is 1.